The number of hydrogen-bond donors (Lipinski definition) is 1. The van der Waals surface area contributed by atoms with Gasteiger partial charge in [0.2, 0.25) is 0 Å². The molecule has 0 radical (unpaired) electrons. The van der Waals surface area contributed by atoms with Crippen LogP contribution in [0.1, 0.15) is 31.2 Å². The average molecular weight is 217 g/mol. The fourth-order valence-corrected chi connectivity index (χ4v) is 3.06. The quantitative estimate of drug-likeness (QED) is 0.840. The van der Waals surface area contributed by atoms with Crippen LogP contribution in [-0.2, 0) is 5.54 Å². The minimum absolute atomic E-state index is 0.284. The lowest BCUT2D eigenvalue weighted by molar-refractivity contribution is 0.335. The highest BCUT2D eigenvalue weighted by Crippen LogP contribution is 2.50. The Labute approximate surface area is 97.0 Å². The smallest absolute Gasteiger partial charge is 0.118 e. The van der Waals surface area contributed by atoms with E-state index in [4.69, 9.17) is 4.74 Å². The molecule has 1 aromatic rings. The second kappa shape index (κ2) is 3.77. The van der Waals surface area contributed by atoms with E-state index in [9.17, 15) is 0 Å². The summed E-state index contributed by atoms with van der Waals surface area (Å²) in [5.74, 6) is 1.82. The molecule has 2 heteroatoms. The monoisotopic (exact) mass is 217 g/mol. The van der Waals surface area contributed by atoms with E-state index in [0.717, 1.165) is 11.7 Å². The minimum Gasteiger partial charge on any atom is -0.497 e. The van der Waals surface area contributed by atoms with Crippen molar-refractivity contribution in [2.24, 2.45) is 5.92 Å². The second-order valence-corrected chi connectivity index (χ2v) is 5.00. The van der Waals surface area contributed by atoms with Crippen molar-refractivity contribution in [3.8, 4) is 5.75 Å². The van der Waals surface area contributed by atoms with E-state index in [2.05, 4.69) is 29.6 Å². The predicted octanol–water partition coefficient (Wildman–Crippen LogP) is 2.68. The third-order valence-electron chi connectivity index (χ3n) is 4.07. The van der Waals surface area contributed by atoms with Gasteiger partial charge in [-0.2, -0.15) is 0 Å². The van der Waals surface area contributed by atoms with E-state index >= 15 is 0 Å². The summed E-state index contributed by atoms with van der Waals surface area (Å²) in [6.45, 7) is 1.17. The second-order valence-electron chi connectivity index (χ2n) is 5.00. The Bertz CT molecular complexity index is 361. The maximum atomic E-state index is 5.22. The molecule has 86 valence electrons. The third-order valence-corrected chi connectivity index (χ3v) is 4.07. The van der Waals surface area contributed by atoms with Gasteiger partial charge in [-0.05, 0) is 55.8 Å². The number of rotatable bonds is 3. The van der Waals surface area contributed by atoms with E-state index in [1.54, 1.807) is 7.11 Å². The van der Waals surface area contributed by atoms with E-state index in [-0.39, 0.29) is 5.54 Å². The molecule has 3 rings (SSSR count). The maximum absolute atomic E-state index is 5.22. The zero-order chi connectivity index (χ0) is 11.0. The molecule has 0 spiro atoms. The summed E-state index contributed by atoms with van der Waals surface area (Å²) in [7, 11) is 1.72. The first kappa shape index (κ1) is 10.2. The molecule has 0 bridgehead atoms. The number of hydrogen-bond acceptors (Lipinski definition) is 2. The Balaban J connectivity index is 1.92. The Morgan fingerprint density at radius 3 is 2.50 bits per heavy atom. The van der Waals surface area contributed by atoms with Crippen LogP contribution in [0.2, 0.25) is 0 Å². The van der Waals surface area contributed by atoms with Gasteiger partial charge < -0.3 is 10.1 Å². The molecule has 1 atom stereocenters. The normalized spacial score (nSPS) is 29.3. The van der Waals surface area contributed by atoms with Crippen LogP contribution in [-0.4, -0.2) is 13.7 Å². The van der Waals surface area contributed by atoms with E-state index in [1.807, 2.05) is 0 Å². The van der Waals surface area contributed by atoms with Crippen LogP contribution in [0.15, 0.2) is 24.3 Å². The minimum atomic E-state index is 0.284. The molecule has 16 heavy (non-hydrogen) atoms. The van der Waals surface area contributed by atoms with Crippen molar-refractivity contribution < 1.29 is 4.74 Å². The van der Waals surface area contributed by atoms with Crippen LogP contribution in [0.5, 0.6) is 5.75 Å². The first-order valence-corrected chi connectivity index (χ1v) is 6.25. The zero-order valence-corrected chi connectivity index (χ0v) is 9.83. The van der Waals surface area contributed by atoms with Crippen LogP contribution < -0.4 is 10.1 Å². The number of ether oxygens (including phenoxy) is 1. The highest BCUT2D eigenvalue weighted by Gasteiger charge is 2.47. The summed E-state index contributed by atoms with van der Waals surface area (Å²) in [5, 5.41) is 3.74. The molecule has 0 amide bonds. The molecule has 1 unspecified atom stereocenters. The molecule has 1 saturated carbocycles. The summed E-state index contributed by atoms with van der Waals surface area (Å²) < 4.78 is 5.22. The molecule has 1 aliphatic heterocycles. The van der Waals surface area contributed by atoms with Gasteiger partial charge in [0.25, 0.3) is 0 Å². The van der Waals surface area contributed by atoms with Crippen molar-refractivity contribution in [3.63, 3.8) is 0 Å². The number of methoxy groups -OCH3 is 1. The molecular weight excluding hydrogens is 198 g/mol. The maximum Gasteiger partial charge on any atom is 0.118 e. The fraction of sp³-hybridized carbons (Fsp3) is 0.571. The molecule has 1 saturated heterocycles. The summed E-state index contributed by atoms with van der Waals surface area (Å²) in [6.07, 6.45) is 5.38. The van der Waals surface area contributed by atoms with E-state index in [1.165, 1.54) is 37.8 Å². The van der Waals surface area contributed by atoms with Crippen molar-refractivity contribution in [3.05, 3.63) is 29.8 Å². The molecule has 1 N–H and O–H groups in total. The average Bonchev–Trinajstić information content (AvgIpc) is 3.09. The van der Waals surface area contributed by atoms with Crippen molar-refractivity contribution in [2.75, 3.05) is 13.7 Å². The fourth-order valence-electron chi connectivity index (χ4n) is 3.06. The van der Waals surface area contributed by atoms with Gasteiger partial charge in [0.15, 0.2) is 0 Å². The lowest BCUT2D eigenvalue weighted by Crippen LogP contribution is -2.38. The van der Waals surface area contributed by atoms with Crippen LogP contribution in [0, 0.1) is 5.92 Å². The highest BCUT2D eigenvalue weighted by atomic mass is 16.5. The Hall–Kier alpha value is -1.02. The first-order valence-electron chi connectivity index (χ1n) is 6.25. The van der Waals surface area contributed by atoms with Crippen LogP contribution >= 0.6 is 0 Å². The van der Waals surface area contributed by atoms with Gasteiger partial charge in [-0.15, -0.1) is 0 Å². The van der Waals surface area contributed by atoms with Gasteiger partial charge >= 0.3 is 0 Å². The van der Waals surface area contributed by atoms with Gasteiger partial charge in [0, 0.05) is 5.54 Å². The molecule has 1 aliphatic carbocycles. The van der Waals surface area contributed by atoms with Gasteiger partial charge in [-0.3, -0.25) is 0 Å². The lowest BCUT2D eigenvalue weighted by Gasteiger charge is -2.30. The first-order chi connectivity index (χ1) is 7.85. The van der Waals surface area contributed by atoms with E-state index < -0.39 is 0 Å². The molecule has 1 heterocycles. The van der Waals surface area contributed by atoms with Gasteiger partial charge in [0.05, 0.1) is 7.11 Å². The summed E-state index contributed by atoms with van der Waals surface area (Å²) in [6, 6.07) is 8.63. The Kier molecular flexibility index (Phi) is 2.40. The predicted molar refractivity (Wildman–Crippen MR) is 64.6 cm³/mol. The Morgan fingerprint density at radius 2 is 2.00 bits per heavy atom. The highest BCUT2D eigenvalue weighted by molar-refractivity contribution is 5.34. The zero-order valence-electron chi connectivity index (χ0n) is 9.83. The van der Waals surface area contributed by atoms with Crippen LogP contribution in [0.4, 0.5) is 0 Å². The molecular formula is C14H19NO. The number of nitrogens with one attached hydrogen (secondary N) is 1. The molecule has 2 nitrogen and oxygen atoms in total. The van der Waals surface area contributed by atoms with Crippen LogP contribution in [0.3, 0.4) is 0 Å². The largest absolute Gasteiger partial charge is 0.497 e. The van der Waals surface area contributed by atoms with E-state index in [0.29, 0.717) is 0 Å². The molecule has 2 aliphatic rings. The Morgan fingerprint density at radius 1 is 1.25 bits per heavy atom. The van der Waals surface area contributed by atoms with Crippen molar-refractivity contribution in [2.45, 2.75) is 31.2 Å². The summed E-state index contributed by atoms with van der Waals surface area (Å²) in [5.41, 5.74) is 1.74. The molecule has 2 fully saturated rings. The van der Waals surface area contributed by atoms with Gasteiger partial charge in [0.1, 0.15) is 5.75 Å². The summed E-state index contributed by atoms with van der Waals surface area (Å²) >= 11 is 0. The lowest BCUT2D eigenvalue weighted by atomic mass is 9.83. The topological polar surface area (TPSA) is 21.3 Å². The van der Waals surface area contributed by atoms with Gasteiger partial charge in [-0.25, -0.2) is 0 Å². The molecule has 0 aromatic heterocycles. The number of benzene rings is 1. The van der Waals surface area contributed by atoms with Crippen LogP contribution in [0.25, 0.3) is 0 Å². The standard InChI is InChI=1S/C14H19NO/c1-16-13-7-5-12(6-8-13)14(11-3-4-11)9-2-10-15-14/h5-8,11,15H,2-4,9-10H2,1H3. The molecule has 1 aromatic carbocycles. The SMILES string of the molecule is COc1ccc(C2(C3CC3)CCCN2)cc1. The van der Waals surface area contributed by atoms with Crippen molar-refractivity contribution >= 4 is 0 Å². The van der Waals surface area contributed by atoms with Crippen molar-refractivity contribution in [1.82, 2.24) is 5.32 Å². The van der Waals surface area contributed by atoms with Gasteiger partial charge in [-0.1, -0.05) is 12.1 Å². The summed E-state index contributed by atoms with van der Waals surface area (Å²) in [4.78, 5) is 0. The third kappa shape index (κ3) is 1.52. The van der Waals surface area contributed by atoms with Crippen molar-refractivity contribution in [1.29, 1.82) is 0 Å².